The van der Waals surface area contributed by atoms with Gasteiger partial charge in [0, 0.05) is 26.3 Å². The number of rotatable bonds is 9. The average Bonchev–Trinajstić information content (AvgIpc) is 2.76. The lowest BCUT2D eigenvalue weighted by molar-refractivity contribution is 0.0554. The normalized spacial score (nSPS) is 10.8. The zero-order chi connectivity index (χ0) is 15.0. The fourth-order valence-corrected chi connectivity index (χ4v) is 3.18. The van der Waals surface area contributed by atoms with Crippen molar-refractivity contribution in [2.75, 3.05) is 39.5 Å². The predicted octanol–water partition coefficient (Wildman–Crippen LogP) is 3.33. The number of hydrogen-bond acceptors (Lipinski definition) is 4. The van der Waals surface area contributed by atoms with Gasteiger partial charge in [0.25, 0.3) is 5.91 Å². The van der Waals surface area contributed by atoms with E-state index in [1.54, 1.807) is 4.90 Å². The molecule has 0 aliphatic carbocycles. The number of aryl methyl sites for hydroxylation is 1. The van der Waals surface area contributed by atoms with Gasteiger partial charge in [-0.15, -0.1) is 11.3 Å². The highest BCUT2D eigenvalue weighted by Crippen LogP contribution is 2.28. The summed E-state index contributed by atoms with van der Waals surface area (Å²) < 4.78 is 11.7. The third-order valence-corrected chi connectivity index (χ3v) is 4.90. The van der Waals surface area contributed by atoms with Gasteiger partial charge in [0.2, 0.25) is 0 Å². The van der Waals surface area contributed by atoms with Crippen LogP contribution in [0.2, 0.25) is 0 Å². The summed E-state index contributed by atoms with van der Waals surface area (Å²) in [7, 11) is 0. The zero-order valence-corrected chi connectivity index (χ0v) is 14.7. The number of carbonyl (C=O) groups excluding carboxylic acids is 1. The Kier molecular flexibility index (Phi) is 8.37. The van der Waals surface area contributed by atoms with Gasteiger partial charge in [-0.25, -0.2) is 0 Å². The molecule has 1 aromatic heterocycles. The van der Waals surface area contributed by atoms with E-state index in [1.165, 1.54) is 11.3 Å². The molecule has 0 saturated heterocycles. The van der Waals surface area contributed by atoms with Crippen molar-refractivity contribution in [1.29, 1.82) is 0 Å². The second-order valence-electron chi connectivity index (χ2n) is 4.25. The molecule has 0 saturated carbocycles. The minimum absolute atomic E-state index is 0.0446. The molecule has 0 N–H and O–H groups in total. The molecule has 0 atom stereocenters. The SMILES string of the molecule is CCOCCN(CCOCC)C(=O)c1cc(C)c(Br)s1. The van der Waals surface area contributed by atoms with Gasteiger partial charge in [-0.05, 0) is 48.3 Å². The van der Waals surface area contributed by atoms with Crippen molar-refractivity contribution in [1.82, 2.24) is 4.90 Å². The first-order valence-electron chi connectivity index (χ1n) is 6.80. The first-order valence-corrected chi connectivity index (χ1v) is 8.41. The molecule has 0 radical (unpaired) electrons. The first kappa shape index (κ1) is 17.6. The third kappa shape index (κ3) is 5.52. The van der Waals surface area contributed by atoms with E-state index < -0.39 is 0 Å². The fourth-order valence-electron chi connectivity index (χ4n) is 1.67. The zero-order valence-electron chi connectivity index (χ0n) is 12.3. The smallest absolute Gasteiger partial charge is 0.264 e. The average molecular weight is 364 g/mol. The molecule has 1 amide bonds. The van der Waals surface area contributed by atoms with E-state index in [9.17, 15) is 4.79 Å². The van der Waals surface area contributed by atoms with Gasteiger partial charge in [-0.3, -0.25) is 4.79 Å². The largest absolute Gasteiger partial charge is 0.380 e. The van der Waals surface area contributed by atoms with Gasteiger partial charge in [-0.2, -0.15) is 0 Å². The molecular formula is C14H22BrNO3S. The standard InChI is InChI=1S/C14H22BrNO3S/c1-4-18-8-6-16(7-9-19-5-2)14(17)12-10-11(3)13(15)20-12/h10H,4-9H2,1-3H3. The van der Waals surface area contributed by atoms with Gasteiger partial charge in [0.15, 0.2) is 0 Å². The van der Waals surface area contributed by atoms with Gasteiger partial charge in [0.05, 0.1) is 21.9 Å². The molecule has 0 aliphatic heterocycles. The molecule has 1 rings (SSSR count). The summed E-state index contributed by atoms with van der Waals surface area (Å²) in [6, 6.07) is 1.92. The van der Waals surface area contributed by atoms with Gasteiger partial charge in [-0.1, -0.05) is 0 Å². The highest BCUT2D eigenvalue weighted by molar-refractivity contribution is 9.11. The van der Waals surface area contributed by atoms with Crippen molar-refractivity contribution < 1.29 is 14.3 Å². The fraction of sp³-hybridized carbons (Fsp3) is 0.643. The molecule has 1 aromatic rings. The van der Waals surface area contributed by atoms with E-state index in [1.807, 2.05) is 26.8 Å². The summed E-state index contributed by atoms with van der Waals surface area (Å²) in [6.45, 7) is 9.51. The Labute approximate surface area is 133 Å². The van der Waals surface area contributed by atoms with Gasteiger partial charge < -0.3 is 14.4 Å². The maximum atomic E-state index is 12.5. The Hall–Kier alpha value is -0.430. The van der Waals surface area contributed by atoms with Crippen molar-refractivity contribution in [2.24, 2.45) is 0 Å². The highest BCUT2D eigenvalue weighted by Gasteiger charge is 2.18. The molecular weight excluding hydrogens is 342 g/mol. The lowest BCUT2D eigenvalue weighted by atomic mass is 10.3. The number of carbonyl (C=O) groups is 1. The second-order valence-corrected chi connectivity index (χ2v) is 6.62. The van der Waals surface area contributed by atoms with E-state index in [4.69, 9.17) is 9.47 Å². The molecule has 0 unspecified atom stereocenters. The van der Waals surface area contributed by atoms with Crippen molar-refractivity contribution in [3.8, 4) is 0 Å². The summed E-state index contributed by atoms with van der Waals surface area (Å²) in [4.78, 5) is 15.1. The van der Waals surface area contributed by atoms with Crippen LogP contribution in [-0.2, 0) is 9.47 Å². The Morgan fingerprint density at radius 1 is 1.25 bits per heavy atom. The van der Waals surface area contributed by atoms with Crippen LogP contribution >= 0.6 is 27.3 Å². The van der Waals surface area contributed by atoms with Gasteiger partial charge >= 0.3 is 0 Å². The number of thiophene rings is 1. The van der Waals surface area contributed by atoms with Crippen molar-refractivity contribution in [3.05, 3.63) is 20.3 Å². The van der Waals surface area contributed by atoms with Crippen LogP contribution in [0.5, 0.6) is 0 Å². The maximum Gasteiger partial charge on any atom is 0.264 e. The molecule has 20 heavy (non-hydrogen) atoms. The van der Waals surface area contributed by atoms with E-state index in [0.29, 0.717) is 39.5 Å². The molecule has 4 nitrogen and oxygen atoms in total. The van der Waals surface area contributed by atoms with Crippen LogP contribution in [0.4, 0.5) is 0 Å². The molecule has 0 spiro atoms. The monoisotopic (exact) mass is 363 g/mol. The van der Waals surface area contributed by atoms with E-state index in [2.05, 4.69) is 15.9 Å². The van der Waals surface area contributed by atoms with Crippen LogP contribution in [0.1, 0.15) is 29.1 Å². The first-order chi connectivity index (χ1) is 9.60. The Balaban J connectivity index is 2.66. The van der Waals surface area contributed by atoms with Crippen LogP contribution in [0.15, 0.2) is 9.85 Å². The Morgan fingerprint density at radius 3 is 2.20 bits per heavy atom. The minimum Gasteiger partial charge on any atom is -0.380 e. The minimum atomic E-state index is 0.0446. The van der Waals surface area contributed by atoms with E-state index in [-0.39, 0.29) is 5.91 Å². The number of hydrogen-bond donors (Lipinski definition) is 0. The van der Waals surface area contributed by atoms with Crippen LogP contribution < -0.4 is 0 Å². The van der Waals surface area contributed by atoms with Crippen LogP contribution in [-0.4, -0.2) is 50.3 Å². The maximum absolute atomic E-state index is 12.5. The van der Waals surface area contributed by atoms with Crippen LogP contribution in [0.25, 0.3) is 0 Å². The number of amides is 1. The highest BCUT2D eigenvalue weighted by atomic mass is 79.9. The van der Waals surface area contributed by atoms with Crippen molar-refractivity contribution in [3.63, 3.8) is 0 Å². The second kappa shape index (κ2) is 9.50. The van der Waals surface area contributed by atoms with Crippen molar-refractivity contribution in [2.45, 2.75) is 20.8 Å². The topological polar surface area (TPSA) is 38.8 Å². The molecule has 114 valence electrons. The molecule has 6 heteroatoms. The summed E-state index contributed by atoms with van der Waals surface area (Å²) in [5, 5.41) is 0. The van der Waals surface area contributed by atoms with E-state index >= 15 is 0 Å². The molecule has 0 bridgehead atoms. The quantitative estimate of drug-likeness (QED) is 0.631. The number of ether oxygens (including phenoxy) is 2. The summed E-state index contributed by atoms with van der Waals surface area (Å²) in [5.74, 6) is 0.0446. The van der Waals surface area contributed by atoms with Crippen molar-refractivity contribution >= 4 is 33.2 Å². The van der Waals surface area contributed by atoms with Gasteiger partial charge in [0.1, 0.15) is 0 Å². The summed E-state index contributed by atoms with van der Waals surface area (Å²) >= 11 is 4.93. The molecule has 0 fully saturated rings. The lowest BCUT2D eigenvalue weighted by Gasteiger charge is -2.21. The van der Waals surface area contributed by atoms with Crippen LogP contribution in [0, 0.1) is 6.92 Å². The molecule has 0 aromatic carbocycles. The summed E-state index contributed by atoms with van der Waals surface area (Å²) in [6.07, 6.45) is 0. The summed E-state index contributed by atoms with van der Waals surface area (Å²) in [5.41, 5.74) is 1.09. The Bertz CT molecular complexity index is 393. The predicted molar refractivity (Wildman–Crippen MR) is 85.6 cm³/mol. The number of nitrogens with zero attached hydrogens (tertiary/aromatic N) is 1. The molecule has 0 aliphatic rings. The Morgan fingerprint density at radius 2 is 1.80 bits per heavy atom. The third-order valence-electron chi connectivity index (χ3n) is 2.77. The number of halogens is 1. The van der Waals surface area contributed by atoms with E-state index in [0.717, 1.165) is 14.2 Å². The van der Waals surface area contributed by atoms with Crippen LogP contribution in [0.3, 0.4) is 0 Å². The lowest BCUT2D eigenvalue weighted by Crippen LogP contribution is -2.36. The molecule has 1 heterocycles.